The number of benzene rings is 1. The molecule has 0 saturated heterocycles. The van der Waals surface area contributed by atoms with Crippen LogP contribution >= 0.6 is 8.69 Å². The summed E-state index contributed by atoms with van der Waals surface area (Å²) < 4.78 is 10.2. The van der Waals surface area contributed by atoms with Crippen molar-refractivity contribution in [3.8, 4) is 0 Å². The Morgan fingerprint density at radius 2 is 1.64 bits per heavy atom. The van der Waals surface area contributed by atoms with Gasteiger partial charge in [-0.25, -0.2) is 0 Å². The standard InChI is InChI=1S/C6H5.2C2H5.Al.H3O2P/c1-2-4-6-5-3-1;2*1-2;;1-3-2/h1-5H;2*1H2,2H3;;3H2,(H,1,2). The molecule has 0 heterocycles. The zero-order valence-electron chi connectivity index (χ0n) is 8.81. The van der Waals surface area contributed by atoms with E-state index in [1.165, 1.54) is 10.6 Å². The van der Waals surface area contributed by atoms with Crippen LogP contribution < -0.4 is 4.43 Å². The highest BCUT2D eigenvalue weighted by Crippen LogP contribution is 1.98. The lowest BCUT2D eigenvalue weighted by Crippen LogP contribution is -2.27. The highest BCUT2D eigenvalue weighted by atomic mass is 31.1. The Labute approximate surface area is 91.6 Å². The lowest BCUT2D eigenvalue weighted by Gasteiger charge is -2.05. The molecule has 1 aromatic rings. The van der Waals surface area contributed by atoms with Gasteiger partial charge in [0.15, 0.2) is 8.69 Å². The van der Waals surface area contributed by atoms with Gasteiger partial charge in [-0.3, -0.25) is 4.57 Å². The van der Waals surface area contributed by atoms with Gasteiger partial charge in [0.05, 0.1) is 0 Å². The summed E-state index contributed by atoms with van der Waals surface area (Å²) in [6.45, 7) is 4.63. The first-order chi connectivity index (χ1) is 6.79. The van der Waals surface area contributed by atoms with Gasteiger partial charge in [0.1, 0.15) is 0 Å². The summed E-state index contributed by atoms with van der Waals surface area (Å²) in [5.74, 6) is 0. The first-order valence-corrected chi connectivity index (χ1v) is 8.12. The molecule has 0 aromatic heterocycles. The molecule has 1 atom stereocenters. The van der Waals surface area contributed by atoms with Crippen LogP contribution in [0.5, 0.6) is 0 Å². The molecular weight excluding hydrogens is 210 g/mol. The molecule has 0 saturated carbocycles. The number of hydrogen-bond acceptors (Lipinski definition) is 1. The third-order valence-corrected chi connectivity index (χ3v) is 5.56. The minimum Gasteiger partial charge on any atom is -0.348 e. The monoisotopic (exact) mass is 228 g/mol. The number of hydrogen-bond donors (Lipinski definition) is 1. The molecule has 14 heavy (non-hydrogen) atoms. The Morgan fingerprint density at radius 1 is 1.21 bits per heavy atom. The van der Waals surface area contributed by atoms with Crippen molar-refractivity contribution in [1.82, 2.24) is 0 Å². The second kappa shape index (κ2) is 9.50. The van der Waals surface area contributed by atoms with Crippen molar-refractivity contribution in [3.05, 3.63) is 30.3 Å². The van der Waals surface area contributed by atoms with Crippen LogP contribution in [0.15, 0.2) is 30.3 Å². The van der Waals surface area contributed by atoms with Crippen molar-refractivity contribution in [1.29, 1.82) is 0 Å². The van der Waals surface area contributed by atoms with Crippen LogP contribution in [0.4, 0.5) is 0 Å². The Hall–Kier alpha value is -0.0575. The van der Waals surface area contributed by atoms with Crippen molar-refractivity contribution >= 4 is 27.3 Å². The van der Waals surface area contributed by atoms with Crippen molar-refractivity contribution in [3.63, 3.8) is 0 Å². The van der Waals surface area contributed by atoms with Gasteiger partial charge in [-0.1, -0.05) is 54.7 Å². The van der Waals surface area contributed by atoms with E-state index >= 15 is 0 Å². The first-order valence-electron chi connectivity index (χ1n) is 4.92. The van der Waals surface area contributed by atoms with Gasteiger partial charge < -0.3 is 4.89 Å². The topological polar surface area (TPSA) is 37.3 Å². The molecule has 1 N–H and O–H groups in total. The molecule has 0 fully saturated rings. The maximum absolute atomic E-state index is 8.57. The molecule has 4 heteroatoms. The predicted molar refractivity (Wildman–Crippen MR) is 65.4 cm³/mol. The van der Waals surface area contributed by atoms with E-state index in [1.807, 2.05) is 0 Å². The predicted octanol–water partition coefficient (Wildman–Crippen LogP) is 2.08. The van der Waals surface area contributed by atoms with E-state index in [2.05, 4.69) is 44.2 Å². The van der Waals surface area contributed by atoms with Gasteiger partial charge >= 0.3 is 14.1 Å². The molecule has 0 spiro atoms. The van der Waals surface area contributed by atoms with E-state index in [0.29, 0.717) is 0 Å². The van der Waals surface area contributed by atoms with Gasteiger partial charge in [0.2, 0.25) is 0 Å². The Kier molecular flexibility index (Phi) is 9.46. The first kappa shape index (κ1) is 13.9. The molecule has 1 unspecified atom stereocenters. The summed E-state index contributed by atoms with van der Waals surface area (Å²) in [4.78, 5) is 7.10. The second-order valence-corrected chi connectivity index (χ2v) is 6.93. The van der Waals surface area contributed by atoms with Crippen LogP contribution in [-0.4, -0.2) is 19.0 Å². The fraction of sp³-hybridized carbons (Fsp3) is 0.400. The second-order valence-electron chi connectivity index (χ2n) is 3.03. The Balaban J connectivity index is 0.000000500. The average Bonchev–Trinajstić information content (AvgIpc) is 2.22. The minimum absolute atomic E-state index is 0.550. The fourth-order valence-electron chi connectivity index (χ4n) is 1.49. The molecule has 0 bridgehead atoms. The summed E-state index contributed by atoms with van der Waals surface area (Å²) in [7, 11) is -1.50. The SMILES string of the molecule is C[CH2][Al]([CH2]C)[c]1ccccc1.O=[PH2]O. The molecule has 0 aliphatic heterocycles. The minimum atomic E-state index is -1.50. The molecule has 0 aliphatic carbocycles. The van der Waals surface area contributed by atoms with Crippen LogP contribution in [0.3, 0.4) is 0 Å². The van der Waals surface area contributed by atoms with E-state index in [9.17, 15) is 0 Å². The van der Waals surface area contributed by atoms with E-state index < -0.39 is 22.8 Å². The van der Waals surface area contributed by atoms with Crippen molar-refractivity contribution < 1.29 is 9.46 Å². The maximum Gasteiger partial charge on any atom is 0.305 e. The van der Waals surface area contributed by atoms with Gasteiger partial charge in [-0.05, 0) is 0 Å². The quantitative estimate of drug-likeness (QED) is 0.635. The smallest absolute Gasteiger partial charge is 0.305 e. The summed E-state index contributed by atoms with van der Waals surface area (Å²) >= 11 is -0.550. The Bertz CT molecular complexity index is 237. The fourth-order valence-corrected chi connectivity index (χ4v) is 3.77. The molecule has 1 aromatic carbocycles. The largest absolute Gasteiger partial charge is 0.348 e. The average molecular weight is 228 g/mol. The molecular formula is C10H18AlO2P. The summed E-state index contributed by atoms with van der Waals surface area (Å²) in [6.07, 6.45) is 0. The van der Waals surface area contributed by atoms with E-state index in [1.54, 1.807) is 4.43 Å². The number of rotatable bonds is 3. The van der Waals surface area contributed by atoms with Crippen LogP contribution in [0, 0.1) is 0 Å². The molecule has 0 amide bonds. The lowest BCUT2D eigenvalue weighted by molar-refractivity contribution is 0.524. The third kappa shape index (κ3) is 5.63. The van der Waals surface area contributed by atoms with Gasteiger partial charge in [0, 0.05) is 0 Å². The van der Waals surface area contributed by atoms with Crippen LogP contribution in [0.1, 0.15) is 13.8 Å². The third-order valence-electron chi connectivity index (χ3n) is 2.26. The summed E-state index contributed by atoms with van der Waals surface area (Å²) in [5, 5.41) is 2.78. The maximum atomic E-state index is 8.57. The summed E-state index contributed by atoms with van der Waals surface area (Å²) in [6, 6.07) is 11.0. The van der Waals surface area contributed by atoms with Gasteiger partial charge in [-0.15, -0.1) is 4.43 Å². The van der Waals surface area contributed by atoms with Gasteiger partial charge in [-0.2, -0.15) is 0 Å². The zero-order valence-corrected chi connectivity index (χ0v) is 11.1. The van der Waals surface area contributed by atoms with Crippen LogP contribution in [0.25, 0.3) is 0 Å². The molecule has 0 radical (unpaired) electrons. The molecule has 1 rings (SSSR count). The normalized spacial score (nSPS) is 9.64. The van der Waals surface area contributed by atoms with Crippen LogP contribution in [0.2, 0.25) is 10.6 Å². The van der Waals surface area contributed by atoms with Crippen LogP contribution in [-0.2, 0) is 4.57 Å². The zero-order chi connectivity index (χ0) is 10.8. The van der Waals surface area contributed by atoms with E-state index in [4.69, 9.17) is 9.46 Å². The molecule has 0 aliphatic rings. The van der Waals surface area contributed by atoms with Crippen molar-refractivity contribution in [2.24, 2.45) is 0 Å². The highest BCUT2D eigenvalue weighted by molar-refractivity contribution is 7.16. The highest BCUT2D eigenvalue weighted by Gasteiger charge is 2.12. The van der Waals surface area contributed by atoms with Gasteiger partial charge in [0.25, 0.3) is 0 Å². The Morgan fingerprint density at radius 3 is 2.00 bits per heavy atom. The van der Waals surface area contributed by atoms with E-state index in [0.717, 1.165) is 0 Å². The van der Waals surface area contributed by atoms with E-state index in [-0.39, 0.29) is 0 Å². The molecule has 78 valence electrons. The molecule has 2 nitrogen and oxygen atoms in total. The van der Waals surface area contributed by atoms with Crippen molar-refractivity contribution in [2.75, 3.05) is 0 Å². The summed E-state index contributed by atoms with van der Waals surface area (Å²) in [5.41, 5.74) is 0. The lowest BCUT2D eigenvalue weighted by atomic mass is 10.4. The van der Waals surface area contributed by atoms with Crippen molar-refractivity contribution in [2.45, 2.75) is 24.4 Å².